The molecule has 0 saturated carbocycles. The summed E-state index contributed by atoms with van der Waals surface area (Å²) in [6.07, 6.45) is 9.50. The second-order valence-electron chi connectivity index (χ2n) is 6.09. The van der Waals surface area contributed by atoms with Crippen molar-refractivity contribution in [3.63, 3.8) is 0 Å². The van der Waals surface area contributed by atoms with Crippen LogP contribution in [-0.2, 0) is 4.79 Å². The van der Waals surface area contributed by atoms with E-state index < -0.39 is 0 Å². The fourth-order valence-corrected chi connectivity index (χ4v) is 3.26. The largest absolute Gasteiger partial charge is 0.363 e. The first kappa shape index (κ1) is 17.3. The number of nitrogens with zero attached hydrogens (tertiary/aromatic N) is 3. The topological polar surface area (TPSA) is 69.0 Å². The number of fused-ring (bicyclic) bond motifs is 1. The van der Waals surface area contributed by atoms with E-state index in [1.54, 1.807) is 30.0 Å². The average Bonchev–Trinajstić information content (AvgIpc) is 2.67. The smallest absolute Gasteiger partial charge is 0.224 e. The molecule has 1 aliphatic heterocycles. The number of aromatic nitrogens is 1. The number of terminal acetylenes is 1. The Hall–Kier alpha value is -3.57. The molecule has 0 spiro atoms. The third-order valence-electron chi connectivity index (χ3n) is 4.46. The minimum atomic E-state index is -0.132. The van der Waals surface area contributed by atoms with Gasteiger partial charge in [-0.2, -0.15) is 5.26 Å². The summed E-state index contributed by atoms with van der Waals surface area (Å²) in [6, 6.07) is 10.9. The van der Waals surface area contributed by atoms with Crippen molar-refractivity contribution in [1.82, 2.24) is 4.98 Å². The summed E-state index contributed by atoms with van der Waals surface area (Å²) >= 11 is 0. The standard InChI is InChI=1S/C21H18N4O/c1-4-15-6-8-20-18(10-15)19(11-17(5-2)25(20)14(3)26)24-21-9-7-16(12-22)13-23-21/h1,5-10,13,17,19H,2,11H2,3H3,(H,23,24). The molecule has 128 valence electrons. The Morgan fingerprint density at radius 1 is 1.42 bits per heavy atom. The van der Waals surface area contributed by atoms with Crippen LogP contribution in [-0.4, -0.2) is 16.9 Å². The van der Waals surface area contributed by atoms with Gasteiger partial charge in [0.25, 0.3) is 0 Å². The van der Waals surface area contributed by atoms with E-state index in [0.29, 0.717) is 17.8 Å². The second kappa shape index (κ2) is 7.13. The van der Waals surface area contributed by atoms with Gasteiger partial charge in [0.2, 0.25) is 5.91 Å². The highest BCUT2D eigenvalue weighted by Crippen LogP contribution is 2.39. The zero-order valence-corrected chi connectivity index (χ0v) is 14.4. The van der Waals surface area contributed by atoms with Crippen molar-refractivity contribution in [3.8, 4) is 18.4 Å². The highest BCUT2D eigenvalue weighted by Gasteiger charge is 2.33. The first-order chi connectivity index (χ1) is 12.6. The quantitative estimate of drug-likeness (QED) is 0.686. The van der Waals surface area contributed by atoms with Crippen LogP contribution < -0.4 is 10.2 Å². The van der Waals surface area contributed by atoms with Crippen molar-refractivity contribution in [3.05, 3.63) is 65.9 Å². The van der Waals surface area contributed by atoms with E-state index in [0.717, 1.165) is 16.8 Å². The highest BCUT2D eigenvalue weighted by atomic mass is 16.2. The molecule has 1 aromatic heterocycles. The van der Waals surface area contributed by atoms with Gasteiger partial charge in [-0.3, -0.25) is 4.79 Å². The summed E-state index contributed by atoms with van der Waals surface area (Å²) in [5.41, 5.74) is 3.02. The molecule has 0 bridgehead atoms. The maximum atomic E-state index is 12.2. The van der Waals surface area contributed by atoms with Crippen LogP contribution in [0.1, 0.15) is 36.1 Å². The molecule has 2 unspecified atom stereocenters. The van der Waals surface area contributed by atoms with Gasteiger partial charge in [0.15, 0.2) is 0 Å². The van der Waals surface area contributed by atoms with Crippen LogP contribution in [0, 0.1) is 23.7 Å². The van der Waals surface area contributed by atoms with Gasteiger partial charge in [0.1, 0.15) is 11.9 Å². The Labute approximate surface area is 153 Å². The number of nitriles is 1. The predicted octanol–water partition coefficient (Wildman–Crippen LogP) is 3.40. The molecule has 26 heavy (non-hydrogen) atoms. The van der Waals surface area contributed by atoms with Crippen molar-refractivity contribution in [1.29, 1.82) is 5.26 Å². The number of pyridine rings is 1. The number of anilines is 2. The number of benzene rings is 1. The minimum absolute atomic E-state index is 0.0421. The van der Waals surface area contributed by atoms with Crippen molar-refractivity contribution in [2.45, 2.75) is 25.4 Å². The molecule has 5 heteroatoms. The molecule has 0 radical (unpaired) electrons. The maximum absolute atomic E-state index is 12.2. The number of carbonyl (C=O) groups is 1. The Kier molecular flexibility index (Phi) is 4.73. The van der Waals surface area contributed by atoms with Gasteiger partial charge in [-0.25, -0.2) is 4.98 Å². The summed E-state index contributed by atoms with van der Waals surface area (Å²) < 4.78 is 0. The first-order valence-electron chi connectivity index (χ1n) is 8.23. The SMILES string of the molecule is C#Cc1ccc2c(c1)C(Nc1ccc(C#N)cn1)CC(C=C)N2C(C)=O. The molecule has 2 aromatic rings. The van der Waals surface area contributed by atoms with Crippen molar-refractivity contribution in [2.24, 2.45) is 0 Å². The van der Waals surface area contributed by atoms with Gasteiger partial charge < -0.3 is 10.2 Å². The molecule has 0 aliphatic carbocycles. The van der Waals surface area contributed by atoms with E-state index in [1.165, 1.54) is 6.20 Å². The van der Waals surface area contributed by atoms with E-state index in [9.17, 15) is 4.79 Å². The summed E-state index contributed by atoms with van der Waals surface area (Å²) in [6.45, 7) is 5.43. The highest BCUT2D eigenvalue weighted by molar-refractivity contribution is 5.94. The second-order valence-corrected chi connectivity index (χ2v) is 6.09. The molecule has 1 N–H and O–H groups in total. The normalized spacial score (nSPS) is 18.2. The third kappa shape index (κ3) is 3.16. The van der Waals surface area contributed by atoms with Crippen molar-refractivity contribution < 1.29 is 4.79 Å². The van der Waals surface area contributed by atoms with Crippen molar-refractivity contribution in [2.75, 3.05) is 10.2 Å². The molecule has 0 saturated heterocycles. The lowest BCUT2D eigenvalue weighted by Gasteiger charge is -2.39. The van der Waals surface area contributed by atoms with Crippen molar-refractivity contribution >= 4 is 17.4 Å². The molecule has 3 rings (SSSR count). The molecule has 2 atom stereocenters. The van der Waals surface area contributed by atoms with Gasteiger partial charge in [-0.05, 0) is 42.3 Å². The molecule has 1 amide bonds. The van der Waals surface area contributed by atoms with Crippen LogP contribution in [0.3, 0.4) is 0 Å². The molecule has 2 heterocycles. The number of carbonyl (C=O) groups excluding carboxylic acids is 1. The summed E-state index contributed by atoms with van der Waals surface area (Å²) in [7, 11) is 0. The van der Waals surface area contributed by atoms with Crippen LogP contribution in [0.4, 0.5) is 11.5 Å². The first-order valence-corrected chi connectivity index (χ1v) is 8.23. The monoisotopic (exact) mass is 342 g/mol. The third-order valence-corrected chi connectivity index (χ3v) is 4.46. The fourth-order valence-electron chi connectivity index (χ4n) is 3.26. The lowest BCUT2D eigenvalue weighted by Crippen LogP contribution is -2.43. The zero-order valence-electron chi connectivity index (χ0n) is 14.4. The van der Waals surface area contributed by atoms with Crippen LogP contribution >= 0.6 is 0 Å². The Bertz CT molecular complexity index is 934. The predicted molar refractivity (Wildman–Crippen MR) is 101 cm³/mol. The van der Waals surface area contributed by atoms with Crippen LogP contribution in [0.2, 0.25) is 0 Å². The number of hydrogen-bond acceptors (Lipinski definition) is 4. The number of nitrogens with one attached hydrogen (secondary N) is 1. The molecule has 5 nitrogen and oxygen atoms in total. The Morgan fingerprint density at radius 2 is 2.19 bits per heavy atom. The number of amides is 1. The van der Waals surface area contributed by atoms with Gasteiger partial charge in [0, 0.05) is 24.4 Å². The average molecular weight is 342 g/mol. The fraction of sp³-hybridized carbons (Fsp3) is 0.190. The molecular formula is C21H18N4O. The molecule has 1 aliphatic rings. The van der Waals surface area contributed by atoms with E-state index in [4.69, 9.17) is 11.7 Å². The lowest BCUT2D eigenvalue weighted by molar-refractivity contribution is -0.117. The van der Waals surface area contributed by atoms with E-state index in [-0.39, 0.29) is 18.0 Å². The Balaban J connectivity index is 2.03. The van der Waals surface area contributed by atoms with Gasteiger partial charge in [0.05, 0.1) is 17.6 Å². The van der Waals surface area contributed by atoms with Gasteiger partial charge >= 0.3 is 0 Å². The van der Waals surface area contributed by atoms with Gasteiger partial charge in [-0.15, -0.1) is 13.0 Å². The zero-order chi connectivity index (χ0) is 18.7. The molecule has 0 fully saturated rings. The molecule has 1 aromatic carbocycles. The number of hydrogen-bond donors (Lipinski definition) is 1. The van der Waals surface area contributed by atoms with Crippen LogP contribution in [0.15, 0.2) is 49.2 Å². The lowest BCUT2D eigenvalue weighted by atomic mass is 9.89. The summed E-state index contributed by atoms with van der Waals surface area (Å²) in [5, 5.41) is 12.3. The van der Waals surface area contributed by atoms with E-state index in [1.807, 2.05) is 18.2 Å². The maximum Gasteiger partial charge on any atom is 0.224 e. The molecular weight excluding hydrogens is 324 g/mol. The van der Waals surface area contributed by atoms with Crippen LogP contribution in [0.5, 0.6) is 0 Å². The summed E-state index contributed by atoms with van der Waals surface area (Å²) in [5.74, 6) is 3.26. The van der Waals surface area contributed by atoms with E-state index in [2.05, 4.69) is 28.9 Å². The number of rotatable bonds is 3. The van der Waals surface area contributed by atoms with Gasteiger partial charge in [-0.1, -0.05) is 12.0 Å². The minimum Gasteiger partial charge on any atom is -0.363 e. The Morgan fingerprint density at radius 3 is 2.77 bits per heavy atom. The summed E-state index contributed by atoms with van der Waals surface area (Å²) in [4.78, 5) is 18.2. The van der Waals surface area contributed by atoms with Crippen LogP contribution in [0.25, 0.3) is 0 Å². The van der Waals surface area contributed by atoms with E-state index >= 15 is 0 Å².